The number of nitrogens with zero attached hydrogens (tertiary/aromatic N) is 1. The third-order valence-corrected chi connectivity index (χ3v) is 2.27. The fourth-order valence-corrected chi connectivity index (χ4v) is 1.44. The zero-order chi connectivity index (χ0) is 7.84. The van der Waals surface area contributed by atoms with E-state index < -0.39 is 0 Å². The lowest BCUT2D eigenvalue weighted by atomic mass is 10.3. The van der Waals surface area contributed by atoms with Crippen LogP contribution in [-0.4, -0.2) is 6.54 Å². The Morgan fingerprint density at radius 3 is 3.09 bits per heavy atom. The largest absolute Gasteiger partial charge is 0.277 e. The van der Waals surface area contributed by atoms with Gasteiger partial charge in [0, 0.05) is 5.22 Å². The van der Waals surface area contributed by atoms with Crippen LogP contribution in [0.3, 0.4) is 0 Å². The van der Waals surface area contributed by atoms with Gasteiger partial charge in [-0.1, -0.05) is 12.1 Å². The lowest BCUT2D eigenvalue weighted by Gasteiger charge is -1.91. The van der Waals surface area contributed by atoms with Gasteiger partial charge >= 0.3 is 0 Å². The fourth-order valence-electron chi connectivity index (χ4n) is 1.12. The predicted molar refractivity (Wildman–Crippen MR) is 44.2 cm³/mol. The molecule has 0 spiro atoms. The van der Waals surface area contributed by atoms with Crippen molar-refractivity contribution in [1.82, 2.24) is 0 Å². The molecule has 0 fully saturated rings. The molecule has 0 amide bonds. The van der Waals surface area contributed by atoms with Crippen molar-refractivity contribution in [1.29, 1.82) is 0 Å². The van der Waals surface area contributed by atoms with Gasteiger partial charge in [-0.2, -0.15) is 0 Å². The average Bonchev–Trinajstić information content (AvgIpc) is 2.45. The van der Waals surface area contributed by atoms with Crippen LogP contribution in [0.1, 0.15) is 0 Å². The average molecular weight is 214 g/mol. The Hall–Kier alpha value is -0.700. The number of rotatable bonds is 0. The van der Waals surface area contributed by atoms with Crippen LogP contribution < -0.4 is 10.6 Å². The second-order valence-electron chi connectivity index (χ2n) is 2.34. The first kappa shape index (κ1) is 6.98. The molecule has 1 aliphatic heterocycles. The monoisotopic (exact) mass is 213 g/mol. The zero-order valence-electron chi connectivity index (χ0n) is 5.64. The molecule has 0 atom stereocenters. The van der Waals surface area contributed by atoms with E-state index in [9.17, 15) is 4.39 Å². The highest BCUT2D eigenvalue weighted by molar-refractivity contribution is 9.10. The number of benzene rings is 1. The molecule has 1 heterocycles. The Labute approximate surface area is 71.4 Å². The summed E-state index contributed by atoms with van der Waals surface area (Å²) in [5.41, 5.74) is 0. The van der Waals surface area contributed by atoms with Crippen molar-refractivity contribution in [3.63, 3.8) is 0 Å². The van der Waals surface area contributed by atoms with E-state index in [1.165, 1.54) is 0 Å². The summed E-state index contributed by atoms with van der Waals surface area (Å²) >= 11 is 3.10. The van der Waals surface area contributed by atoms with E-state index >= 15 is 0 Å². The van der Waals surface area contributed by atoms with Crippen LogP contribution in [0.5, 0.6) is 0 Å². The van der Waals surface area contributed by atoms with Gasteiger partial charge in [0.15, 0.2) is 5.82 Å². The smallest absolute Gasteiger partial charge is 0.163 e. The third-order valence-electron chi connectivity index (χ3n) is 1.66. The SMILES string of the molecule is Fc1c(Br)ccc2c1=NCC=2. The number of halogens is 2. The van der Waals surface area contributed by atoms with E-state index in [4.69, 9.17) is 0 Å². The van der Waals surface area contributed by atoms with Gasteiger partial charge in [-0.3, -0.25) is 4.99 Å². The molecule has 0 aromatic heterocycles. The first-order valence-corrected chi connectivity index (χ1v) is 4.07. The van der Waals surface area contributed by atoms with Gasteiger partial charge in [0.1, 0.15) is 5.36 Å². The molecule has 0 saturated heterocycles. The molecule has 1 nitrogen and oxygen atoms in total. The molecule has 1 aromatic rings. The van der Waals surface area contributed by atoms with Crippen LogP contribution in [0.2, 0.25) is 0 Å². The Kier molecular flexibility index (Phi) is 1.53. The van der Waals surface area contributed by atoms with Gasteiger partial charge in [0.05, 0.1) is 11.0 Å². The minimum atomic E-state index is -0.253. The molecule has 0 N–H and O–H groups in total. The quantitative estimate of drug-likeness (QED) is 0.610. The third kappa shape index (κ3) is 0.997. The molecular formula is C8H5BrFN. The van der Waals surface area contributed by atoms with Gasteiger partial charge in [0.25, 0.3) is 0 Å². The molecule has 1 aromatic carbocycles. The van der Waals surface area contributed by atoms with Crippen molar-refractivity contribution in [3.8, 4) is 0 Å². The van der Waals surface area contributed by atoms with Crippen molar-refractivity contribution in [2.75, 3.05) is 6.54 Å². The highest BCUT2D eigenvalue weighted by Crippen LogP contribution is 2.08. The summed E-state index contributed by atoms with van der Waals surface area (Å²) in [5, 5.41) is 1.38. The molecular weight excluding hydrogens is 209 g/mol. The second-order valence-corrected chi connectivity index (χ2v) is 3.20. The van der Waals surface area contributed by atoms with Gasteiger partial charge < -0.3 is 0 Å². The van der Waals surface area contributed by atoms with Crippen LogP contribution in [0.15, 0.2) is 21.6 Å². The van der Waals surface area contributed by atoms with E-state index in [1.54, 1.807) is 6.07 Å². The van der Waals surface area contributed by atoms with Crippen LogP contribution in [0.4, 0.5) is 4.39 Å². The van der Waals surface area contributed by atoms with Crippen molar-refractivity contribution in [3.05, 3.63) is 33.0 Å². The molecule has 11 heavy (non-hydrogen) atoms. The van der Waals surface area contributed by atoms with E-state index in [2.05, 4.69) is 20.9 Å². The molecule has 0 bridgehead atoms. The zero-order valence-corrected chi connectivity index (χ0v) is 7.23. The molecule has 0 aliphatic carbocycles. The van der Waals surface area contributed by atoms with Crippen LogP contribution in [-0.2, 0) is 0 Å². The van der Waals surface area contributed by atoms with Crippen molar-refractivity contribution in [2.24, 2.45) is 4.99 Å². The van der Waals surface area contributed by atoms with Crippen LogP contribution in [0, 0.1) is 5.82 Å². The molecule has 2 rings (SSSR count). The minimum Gasteiger partial charge on any atom is -0.277 e. The first-order chi connectivity index (χ1) is 5.29. The topological polar surface area (TPSA) is 12.4 Å². The van der Waals surface area contributed by atoms with Crippen LogP contribution in [0.25, 0.3) is 6.08 Å². The molecule has 0 unspecified atom stereocenters. The summed E-state index contributed by atoms with van der Waals surface area (Å²) in [6.07, 6.45) is 1.91. The number of hydrogen-bond acceptors (Lipinski definition) is 1. The summed E-state index contributed by atoms with van der Waals surface area (Å²) in [5.74, 6) is -0.253. The fraction of sp³-hybridized carbons (Fsp3) is 0.125. The van der Waals surface area contributed by atoms with Gasteiger partial charge in [0.2, 0.25) is 0 Å². The summed E-state index contributed by atoms with van der Waals surface area (Å²) in [7, 11) is 0. The molecule has 0 saturated carbocycles. The van der Waals surface area contributed by atoms with Crippen molar-refractivity contribution >= 4 is 22.0 Å². The van der Waals surface area contributed by atoms with Gasteiger partial charge in [-0.25, -0.2) is 4.39 Å². The van der Waals surface area contributed by atoms with E-state index in [-0.39, 0.29) is 5.82 Å². The normalized spacial score (nSPS) is 13.6. The van der Waals surface area contributed by atoms with E-state index in [0.717, 1.165) is 5.22 Å². The molecule has 1 aliphatic rings. The van der Waals surface area contributed by atoms with E-state index in [0.29, 0.717) is 16.4 Å². The summed E-state index contributed by atoms with van der Waals surface area (Å²) in [4.78, 5) is 4.00. The van der Waals surface area contributed by atoms with Crippen molar-refractivity contribution < 1.29 is 4.39 Å². The van der Waals surface area contributed by atoms with Crippen molar-refractivity contribution in [2.45, 2.75) is 0 Å². The van der Waals surface area contributed by atoms with E-state index in [1.807, 2.05) is 12.1 Å². The maximum Gasteiger partial charge on any atom is 0.163 e. The standard InChI is InChI=1S/C8H5BrFN/c9-6-2-1-5-3-4-11-8(5)7(6)10/h1-3H,4H2. The number of fused-ring (bicyclic) bond motifs is 1. The highest BCUT2D eigenvalue weighted by atomic mass is 79.9. The molecule has 0 radical (unpaired) electrons. The second kappa shape index (κ2) is 2.41. The predicted octanol–water partition coefficient (Wildman–Crippen LogP) is 1.00. The first-order valence-electron chi connectivity index (χ1n) is 3.28. The Bertz CT molecular complexity index is 411. The Balaban J connectivity index is 2.95. The maximum absolute atomic E-state index is 13.1. The number of hydrogen-bond donors (Lipinski definition) is 0. The summed E-state index contributed by atoms with van der Waals surface area (Å²) in [6, 6.07) is 3.56. The molecule has 56 valence electrons. The lowest BCUT2D eigenvalue weighted by molar-refractivity contribution is 0.604. The Morgan fingerprint density at radius 1 is 1.45 bits per heavy atom. The lowest BCUT2D eigenvalue weighted by Crippen LogP contribution is -2.25. The highest BCUT2D eigenvalue weighted by Gasteiger charge is 2.04. The maximum atomic E-state index is 13.1. The molecule has 3 heteroatoms. The Morgan fingerprint density at radius 2 is 2.27 bits per heavy atom. The van der Waals surface area contributed by atoms with Gasteiger partial charge in [-0.05, 0) is 22.0 Å². The summed E-state index contributed by atoms with van der Waals surface area (Å²) < 4.78 is 13.6. The van der Waals surface area contributed by atoms with Crippen LogP contribution >= 0.6 is 15.9 Å². The summed E-state index contributed by atoms with van der Waals surface area (Å²) in [6.45, 7) is 0.600. The minimum absolute atomic E-state index is 0.253. The van der Waals surface area contributed by atoms with Gasteiger partial charge in [-0.15, -0.1) is 0 Å².